The summed E-state index contributed by atoms with van der Waals surface area (Å²) >= 11 is 0. The Morgan fingerprint density at radius 3 is 2.65 bits per heavy atom. The lowest BCUT2D eigenvalue weighted by atomic mass is 10.2. The van der Waals surface area contributed by atoms with Gasteiger partial charge in [-0.25, -0.2) is 19.2 Å². The van der Waals surface area contributed by atoms with E-state index in [-0.39, 0.29) is 0 Å². The van der Waals surface area contributed by atoms with Crippen LogP contribution in [0, 0.1) is 0 Å². The van der Waals surface area contributed by atoms with Crippen LogP contribution in [0.25, 0.3) is 11.5 Å². The number of nitrogens with one attached hydrogen (secondary N) is 1. The standard InChI is InChI=1S/C16H15N7/c1-5-20-22(7-1)15-3-2-13(10-18-15)8-17-9-14-11-19-16-4-6-21-23(16)12-14/h1-7,10-12,17H,8-9H2. The van der Waals surface area contributed by atoms with Gasteiger partial charge in [-0.2, -0.15) is 10.2 Å². The molecule has 0 spiro atoms. The minimum absolute atomic E-state index is 0.726. The van der Waals surface area contributed by atoms with E-state index in [0.717, 1.165) is 35.7 Å². The Morgan fingerprint density at radius 1 is 0.913 bits per heavy atom. The Balaban J connectivity index is 1.37. The van der Waals surface area contributed by atoms with Crippen LogP contribution < -0.4 is 5.32 Å². The van der Waals surface area contributed by atoms with Gasteiger partial charge in [0.15, 0.2) is 11.5 Å². The van der Waals surface area contributed by atoms with E-state index >= 15 is 0 Å². The molecule has 4 aromatic heterocycles. The van der Waals surface area contributed by atoms with E-state index in [4.69, 9.17) is 0 Å². The number of rotatable bonds is 5. The molecular formula is C16H15N7. The number of nitrogens with zero attached hydrogens (tertiary/aromatic N) is 6. The molecule has 0 unspecified atom stereocenters. The second kappa shape index (κ2) is 5.98. The van der Waals surface area contributed by atoms with Gasteiger partial charge in [0.25, 0.3) is 0 Å². The highest BCUT2D eigenvalue weighted by Gasteiger charge is 2.00. The fourth-order valence-corrected chi connectivity index (χ4v) is 2.35. The third kappa shape index (κ3) is 2.95. The Kier molecular flexibility index (Phi) is 3.53. The van der Waals surface area contributed by atoms with E-state index in [1.807, 2.05) is 49.1 Å². The molecule has 0 aliphatic rings. The van der Waals surface area contributed by atoms with Crippen molar-refractivity contribution in [3.05, 3.63) is 72.6 Å². The van der Waals surface area contributed by atoms with Gasteiger partial charge in [-0.15, -0.1) is 0 Å². The molecule has 0 aromatic carbocycles. The van der Waals surface area contributed by atoms with Crippen molar-refractivity contribution in [2.45, 2.75) is 13.1 Å². The highest BCUT2D eigenvalue weighted by Crippen LogP contribution is 2.05. The Bertz CT molecular complexity index is 894. The van der Waals surface area contributed by atoms with Crippen molar-refractivity contribution in [3.8, 4) is 5.82 Å². The predicted octanol–water partition coefficient (Wildman–Crippen LogP) is 1.60. The first-order valence-electron chi connectivity index (χ1n) is 7.32. The molecule has 7 heteroatoms. The van der Waals surface area contributed by atoms with Gasteiger partial charge >= 0.3 is 0 Å². The van der Waals surface area contributed by atoms with E-state index in [0.29, 0.717) is 0 Å². The number of fused-ring (bicyclic) bond motifs is 1. The average molecular weight is 305 g/mol. The van der Waals surface area contributed by atoms with Crippen LogP contribution in [0.15, 0.2) is 61.4 Å². The molecular weight excluding hydrogens is 290 g/mol. The number of hydrogen-bond donors (Lipinski definition) is 1. The summed E-state index contributed by atoms with van der Waals surface area (Å²) in [4.78, 5) is 8.76. The minimum Gasteiger partial charge on any atom is -0.308 e. The first-order chi connectivity index (χ1) is 11.4. The van der Waals surface area contributed by atoms with Crippen molar-refractivity contribution in [1.82, 2.24) is 34.7 Å². The first-order valence-corrected chi connectivity index (χ1v) is 7.32. The summed E-state index contributed by atoms with van der Waals surface area (Å²) in [5.41, 5.74) is 3.06. The summed E-state index contributed by atoms with van der Waals surface area (Å²) in [5, 5.41) is 11.7. The van der Waals surface area contributed by atoms with Crippen LogP contribution in [0.3, 0.4) is 0 Å². The van der Waals surface area contributed by atoms with Crippen LogP contribution in [0.5, 0.6) is 0 Å². The third-order valence-electron chi connectivity index (χ3n) is 3.51. The molecule has 0 aliphatic carbocycles. The largest absolute Gasteiger partial charge is 0.308 e. The van der Waals surface area contributed by atoms with Crippen LogP contribution in [0.4, 0.5) is 0 Å². The molecule has 4 aromatic rings. The van der Waals surface area contributed by atoms with Gasteiger partial charge in [-0.05, 0) is 17.7 Å². The van der Waals surface area contributed by atoms with Gasteiger partial charge in [0.2, 0.25) is 0 Å². The Morgan fingerprint density at radius 2 is 1.83 bits per heavy atom. The fraction of sp³-hybridized carbons (Fsp3) is 0.125. The van der Waals surface area contributed by atoms with Crippen molar-refractivity contribution in [1.29, 1.82) is 0 Å². The van der Waals surface area contributed by atoms with Crippen LogP contribution in [-0.2, 0) is 13.1 Å². The summed E-state index contributed by atoms with van der Waals surface area (Å²) in [6, 6.07) is 7.76. The molecule has 0 radical (unpaired) electrons. The van der Waals surface area contributed by atoms with Gasteiger partial charge < -0.3 is 5.32 Å². The quantitative estimate of drug-likeness (QED) is 0.606. The van der Waals surface area contributed by atoms with Gasteiger partial charge in [-0.3, -0.25) is 0 Å². The van der Waals surface area contributed by atoms with E-state index in [2.05, 4.69) is 25.5 Å². The Hall–Kier alpha value is -3.06. The molecule has 1 N–H and O–H groups in total. The first kappa shape index (κ1) is 13.6. The monoisotopic (exact) mass is 305 g/mol. The molecule has 0 saturated carbocycles. The zero-order chi connectivity index (χ0) is 15.5. The third-order valence-corrected chi connectivity index (χ3v) is 3.51. The normalized spacial score (nSPS) is 11.1. The number of pyridine rings is 1. The lowest BCUT2D eigenvalue weighted by molar-refractivity contribution is 0.683. The molecule has 4 heterocycles. The minimum atomic E-state index is 0.726. The van der Waals surface area contributed by atoms with Gasteiger partial charge in [0, 0.05) is 55.7 Å². The lowest BCUT2D eigenvalue weighted by Crippen LogP contribution is -2.14. The summed E-state index contributed by atoms with van der Waals surface area (Å²) in [6.07, 6.45) is 11.1. The maximum absolute atomic E-state index is 4.41. The molecule has 7 nitrogen and oxygen atoms in total. The zero-order valence-corrected chi connectivity index (χ0v) is 12.4. The van der Waals surface area contributed by atoms with Crippen molar-refractivity contribution >= 4 is 5.65 Å². The van der Waals surface area contributed by atoms with Crippen molar-refractivity contribution in [3.63, 3.8) is 0 Å². The highest BCUT2D eigenvalue weighted by molar-refractivity contribution is 5.35. The molecule has 114 valence electrons. The zero-order valence-electron chi connectivity index (χ0n) is 12.4. The smallest absolute Gasteiger partial charge is 0.154 e. The summed E-state index contributed by atoms with van der Waals surface area (Å²) < 4.78 is 3.51. The second-order valence-corrected chi connectivity index (χ2v) is 5.18. The van der Waals surface area contributed by atoms with E-state index < -0.39 is 0 Å². The van der Waals surface area contributed by atoms with E-state index in [9.17, 15) is 0 Å². The maximum atomic E-state index is 4.41. The van der Waals surface area contributed by atoms with E-state index in [1.165, 1.54) is 0 Å². The van der Waals surface area contributed by atoms with Crippen LogP contribution in [0.2, 0.25) is 0 Å². The average Bonchev–Trinajstić information content (AvgIpc) is 3.27. The molecule has 23 heavy (non-hydrogen) atoms. The van der Waals surface area contributed by atoms with Crippen LogP contribution in [0.1, 0.15) is 11.1 Å². The topological polar surface area (TPSA) is 72.9 Å². The SMILES string of the molecule is c1cnn(-c2ccc(CNCc3cnc4ccnn4c3)cn2)c1. The van der Waals surface area contributed by atoms with Crippen molar-refractivity contribution < 1.29 is 0 Å². The molecule has 0 amide bonds. The summed E-state index contributed by atoms with van der Waals surface area (Å²) in [6.45, 7) is 1.47. The van der Waals surface area contributed by atoms with Crippen molar-refractivity contribution in [2.75, 3.05) is 0 Å². The molecule has 0 aliphatic heterocycles. The van der Waals surface area contributed by atoms with Crippen LogP contribution in [-0.4, -0.2) is 29.4 Å². The summed E-state index contributed by atoms with van der Waals surface area (Å²) in [5.74, 6) is 0.812. The van der Waals surface area contributed by atoms with Gasteiger partial charge in [-0.1, -0.05) is 6.07 Å². The highest BCUT2D eigenvalue weighted by atomic mass is 15.3. The van der Waals surface area contributed by atoms with Gasteiger partial charge in [0.1, 0.15) is 0 Å². The Labute approximate surface area is 132 Å². The van der Waals surface area contributed by atoms with Crippen molar-refractivity contribution in [2.24, 2.45) is 0 Å². The summed E-state index contributed by atoms with van der Waals surface area (Å²) in [7, 11) is 0. The predicted molar refractivity (Wildman–Crippen MR) is 84.9 cm³/mol. The fourth-order valence-electron chi connectivity index (χ4n) is 2.35. The van der Waals surface area contributed by atoms with E-state index in [1.54, 1.807) is 21.6 Å². The molecule has 0 atom stereocenters. The lowest BCUT2D eigenvalue weighted by Gasteiger charge is -2.06. The van der Waals surface area contributed by atoms with Gasteiger partial charge in [0.05, 0.1) is 6.20 Å². The molecule has 0 saturated heterocycles. The maximum Gasteiger partial charge on any atom is 0.154 e. The second-order valence-electron chi connectivity index (χ2n) is 5.18. The van der Waals surface area contributed by atoms with Crippen LogP contribution >= 0.6 is 0 Å². The number of hydrogen-bond acceptors (Lipinski definition) is 5. The molecule has 4 rings (SSSR count). The molecule has 0 fully saturated rings. The molecule has 0 bridgehead atoms. The number of aromatic nitrogens is 6.